The molecule has 1 atom stereocenters. The molecule has 0 saturated heterocycles. The van der Waals surface area contributed by atoms with E-state index in [1.54, 1.807) is 7.11 Å². The summed E-state index contributed by atoms with van der Waals surface area (Å²) in [4.78, 5) is 11.9. The minimum Gasteiger partial charge on any atom is -0.493 e. The quantitative estimate of drug-likeness (QED) is 0.618. The lowest BCUT2D eigenvalue weighted by molar-refractivity contribution is -0.135. The topological polar surface area (TPSA) is 35.5 Å². The van der Waals surface area contributed by atoms with E-state index < -0.39 is 0 Å². The standard InChI is InChI=1S/C17H16O3/c1-11-6-8-12(9-7-11)14-10-16(18)20-17-13(14)4-3-5-15(17)19-2/h3-9,14H,10H2,1-2H3. The highest BCUT2D eigenvalue weighted by Crippen LogP contribution is 2.43. The van der Waals surface area contributed by atoms with E-state index in [1.165, 1.54) is 5.56 Å². The Hall–Kier alpha value is -2.29. The summed E-state index contributed by atoms with van der Waals surface area (Å²) in [7, 11) is 1.58. The van der Waals surface area contributed by atoms with Crippen molar-refractivity contribution in [2.75, 3.05) is 7.11 Å². The summed E-state index contributed by atoms with van der Waals surface area (Å²) in [6.07, 6.45) is 0.364. The molecular weight excluding hydrogens is 252 g/mol. The van der Waals surface area contributed by atoms with Crippen LogP contribution in [-0.4, -0.2) is 13.1 Å². The van der Waals surface area contributed by atoms with Crippen LogP contribution < -0.4 is 9.47 Å². The molecule has 0 aliphatic carbocycles. The van der Waals surface area contributed by atoms with Gasteiger partial charge in [-0.15, -0.1) is 0 Å². The van der Waals surface area contributed by atoms with E-state index in [2.05, 4.69) is 31.2 Å². The van der Waals surface area contributed by atoms with Crippen LogP contribution in [0.25, 0.3) is 0 Å². The molecular formula is C17H16O3. The smallest absolute Gasteiger partial charge is 0.312 e. The molecule has 1 aliphatic rings. The fourth-order valence-corrected chi connectivity index (χ4v) is 2.61. The SMILES string of the molecule is COc1cccc2c1OC(=O)CC2c1ccc(C)cc1. The fraction of sp³-hybridized carbons (Fsp3) is 0.235. The van der Waals surface area contributed by atoms with Gasteiger partial charge in [-0.1, -0.05) is 42.0 Å². The normalized spacial score (nSPS) is 17.3. The van der Waals surface area contributed by atoms with Crippen molar-refractivity contribution >= 4 is 5.97 Å². The van der Waals surface area contributed by atoms with Crippen molar-refractivity contribution < 1.29 is 14.3 Å². The van der Waals surface area contributed by atoms with Crippen molar-refractivity contribution in [2.45, 2.75) is 19.3 Å². The van der Waals surface area contributed by atoms with Crippen LogP contribution in [-0.2, 0) is 4.79 Å². The summed E-state index contributed by atoms with van der Waals surface area (Å²) in [5.41, 5.74) is 3.34. The molecule has 0 amide bonds. The average Bonchev–Trinajstić information content (AvgIpc) is 2.46. The van der Waals surface area contributed by atoms with Crippen molar-refractivity contribution in [2.24, 2.45) is 0 Å². The van der Waals surface area contributed by atoms with E-state index in [9.17, 15) is 4.79 Å². The van der Waals surface area contributed by atoms with Gasteiger partial charge in [-0.05, 0) is 18.6 Å². The van der Waals surface area contributed by atoms with Gasteiger partial charge in [-0.3, -0.25) is 4.79 Å². The van der Waals surface area contributed by atoms with Crippen LogP contribution in [0.4, 0.5) is 0 Å². The van der Waals surface area contributed by atoms with Crippen LogP contribution in [0.5, 0.6) is 11.5 Å². The Balaban J connectivity index is 2.10. The van der Waals surface area contributed by atoms with Gasteiger partial charge in [0.1, 0.15) is 0 Å². The van der Waals surface area contributed by atoms with Gasteiger partial charge < -0.3 is 9.47 Å². The van der Waals surface area contributed by atoms with Crippen molar-refractivity contribution in [1.82, 2.24) is 0 Å². The number of esters is 1. The van der Waals surface area contributed by atoms with Gasteiger partial charge in [0.05, 0.1) is 13.5 Å². The third-order valence-electron chi connectivity index (χ3n) is 3.67. The number of carbonyl (C=O) groups is 1. The van der Waals surface area contributed by atoms with Crippen molar-refractivity contribution in [1.29, 1.82) is 0 Å². The van der Waals surface area contributed by atoms with Gasteiger partial charge in [0.2, 0.25) is 0 Å². The van der Waals surface area contributed by atoms with Gasteiger partial charge >= 0.3 is 5.97 Å². The molecule has 102 valence electrons. The molecule has 0 N–H and O–H groups in total. The molecule has 0 aromatic heterocycles. The molecule has 2 aromatic carbocycles. The molecule has 0 bridgehead atoms. The monoisotopic (exact) mass is 268 g/mol. The van der Waals surface area contributed by atoms with Crippen molar-refractivity contribution in [3.63, 3.8) is 0 Å². The lowest BCUT2D eigenvalue weighted by Gasteiger charge is -2.26. The fourth-order valence-electron chi connectivity index (χ4n) is 2.61. The zero-order chi connectivity index (χ0) is 14.1. The third-order valence-corrected chi connectivity index (χ3v) is 3.67. The maximum absolute atomic E-state index is 11.9. The number of para-hydroxylation sites is 1. The van der Waals surface area contributed by atoms with Crippen LogP contribution in [0.1, 0.15) is 29.0 Å². The molecule has 0 spiro atoms. The highest BCUT2D eigenvalue weighted by molar-refractivity contribution is 5.79. The zero-order valence-corrected chi connectivity index (χ0v) is 11.6. The van der Waals surface area contributed by atoms with E-state index in [1.807, 2.05) is 18.2 Å². The number of carbonyl (C=O) groups excluding carboxylic acids is 1. The Kier molecular flexibility index (Phi) is 3.18. The van der Waals surface area contributed by atoms with Gasteiger partial charge in [0.25, 0.3) is 0 Å². The second-order valence-electron chi connectivity index (χ2n) is 5.02. The van der Waals surface area contributed by atoms with Gasteiger partial charge in [-0.2, -0.15) is 0 Å². The molecule has 1 heterocycles. The highest BCUT2D eigenvalue weighted by atomic mass is 16.6. The number of fused-ring (bicyclic) bond motifs is 1. The van der Waals surface area contributed by atoms with Gasteiger partial charge in [-0.25, -0.2) is 0 Å². The molecule has 0 radical (unpaired) electrons. The molecule has 3 rings (SSSR count). The molecule has 20 heavy (non-hydrogen) atoms. The number of hydrogen-bond donors (Lipinski definition) is 0. The second-order valence-corrected chi connectivity index (χ2v) is 5.02. The van der Waals surface area contributed by atoms with E-state index >= 15 is 0 Å². The van der Waals surface area contributed by atoms with Crippen LogP contribution in [0.15, 0.2) is 42.5 Å². The molecule has 0 fully saturated rings. The summed E-state index contributed by atoms with van der Waals surface area (Å²) in [6.45, 7) is 2.05. The summed E-state index contributed by atoms with van der Waals surface area (Å²) >= 11 is 0. The molecule has 2 aromatic rings. The number of aryl methyl sites for hydroxylation is 1. The molecule has 1 aliphatic heterocycles. The predicted molar refractivity (Wildman–Crippen MR) is 76.3 cm³/mol. The maximum atomic E-state index is 11.9. The predicted octanol–water partition coefficient (Wildman–Crippen LogP) is 3.44. The summed E-state index contributed by atoms with van der Waals surface area (Å²) in [5.74, 6) is 0.971. The average molecular weight is 268 g/mol. The summed E-state index contributed by atoms with van der Waals surface area (Å²) in [6, 6.07) is 14.0. The van der Waals surface area contributed by atoms with Crippen molar-refractivity contribution in [3.05, 3.63) is 59.2 Å². The zero-order valence-electron chi connectivity index (χ0n) is 11.6. The van der Waals surface area contributed by atoms with Crippen LogP contribution in [0.3, 0.4) is 0 Å². The lowest BCUT2D eigenvalue weighted by Crippen LogP contribution is -2.21. The second kappa shape index (κ2) is 5.00. The molecule has 3 nitrogen and oxygen atoms in total. The summed E-state index contributed by atoms with van der Waals surface area (Å²) < 4.78 is 10.7. The molecule has 3 heteroatoms. The Morgan fingerprint density at radius 3 is 2.60 bits per heavy atom. The van der Waals surface area contributed by atoms with Gasteiger partial charge in [0, 0.05) is 11.5 Å². The number of benzene rings is 2. The number of hydrogen-bond acceptors (Lipinski definition) is 3. The van der Waals surface area contributed by atoms with E-state index in [0.717, 1.165) is 11.1 Å². The number of rotatable bonds is 2. The van der Waals surface area contributed by atoms with Crippen molar-refractivity contribution in [3.8, 4) is 11.5 Å². The minimum atomic E-state index is -0.215. The van der Waals surface area contributed by atoms with E-state index in [0.29, 0.717) is 17.9 Å². The Labute approximate surface area is 118 Å². The minimum absolute atomic E-state index is 0.0296. The lowest BCUT2D eigenvalue weighted by atomic mass is 9.86. The Bertz CT molecular complexity index is 644. The van der Waals surface area contributed by atoms with Crippen LogP contribution >= 0.6 is 0 Å². The Morgan fingerprint density at radius 2 is 1.90 bits per heavy atom. The number of methoxy groups -OCH3 is 1. The highest BCUT2D eigenvalue weighted by Gasteiger charge is 2.30. The first kappa shape index (κ1) is 12.7. The summed E-state index contributed by atoms with van der Waals surface area (Å²) in [5, 5.41) is 0. The Morgan fingerprint density at radius 1 is 1.15 bits per heavy atom. The van der Waals surface area contributed by atoms with Gasteiger partial charge in [0.15, 0.2) is 11.5 Å². The van der Waals surface area contributed by atoms with E-state index in [4.69, 9.17) is 9.47 Å². The number of ether oxygens (including phenoxy) is 2. The van der Waals surface area contributed by atoms with Crippen LogP contribution in [0.2, 0.25) is 0 Å². The first-order valence-electron chi connectivity index (χ1n) is 6.63. The first-order chi connectivity index (χ1) is 9.69. The largest absolute Gasteiger partial charge is 0.493 e. The maximum Gasteiger partial charge on any atom is 0.312 e. The van der Waals surface area contributed by atoms with E-state index in [-0.39, 0.29) is 11.9 Å². The van der Waals surface area contributed by atoms with Crippen LogP contribution in [0, 0.1) is 6.92 Å². The third kappa shape index (κ3) is 2.16. The molecule has 0 saturated carbocycles. The molecule has 1 unspecified atom stereocenters. The first-order valence-corrected chi connectivity index (χ1v) is 6.63.